The zero-order chi connectivity index (χ0) is 13.5. The lowest BCUT2D eigenvalue weighted by Crippen LogP contribution is -2.05. The van der Waals surface area contributed by atoms with Gasteiger partial charge in [0.1, 0.15) is 6.10 Å². The van der Waals surface area contributed by atoms with Crippen LogP contribution in [0.3, 0.4) is 0 Å². The van der Waals surface area contributed by atoms with Gasteiger partial charge in [-0.05, 0) is 24.1 Å². The lowest BCUT2D eigenvalue weighted by atomic mass is 10.1. The summed E-state index contributed by atoms with van der Waals surface area (Å²) in [6.07, 6.45) is 2.96. The van der Waals surface area contributed by atoms with Crippen molar-refractivity contribution in [2.45, 2.75) is 13.0 Å². The van der Waals surface area contributed by atoms with Crippen molar-refractivity contribution in [1.29, 1.82) is 0 Å². The summed E-state index contributed by atoms with van der Waals surface area (Å²) < 4.78 is 5.33. The van der Waals surface area contributed by atoms with Gasteiger partial charge < -0.3 is 4.74 Å². The highest BCUT2D eigenvalue weighted by atomic mass is 16.5. The molecule has 0 saturated heterocycles. The second-order valence-corrected chi connectivity index (χ2v) is 4.23. The number of benzene rings is 2. The number of rotatable bonds is 4. The first-order valence-corrected chi connectivity index (χ1v) is 6.24. The van der Waals surface area contributed by atoms with Crippen molar-refractivity contribution >= 4 is 12.0 Å². The van der Waals surface area contributed by atoms with Crippen molar-refractivity contribution < 1.29 is 9.53 Å². The van der Waals surface area contributed by atoms with E-state index in [9.17, 15) is 4.79 Å². The molecule has 2 heteroatoms. The molecular weight excluding hydrogens is 236 g/mol. The third-order valence-electron chi connectivity index (χ3n) is 2.77. The fraction of sp³-hybridized carbons (Fsp3) is 0.118. The molecule has 0 amide bonds. The summed E-state index contributed by atoms with van der Waals surface area (Å²) in [6.45, 7) is 1.86. The quantitative estimate of drug-likeness (QED) is 0.607. The summed E-state index contributed by atoms with van der Waals surface area (Å²) in [4.78, 5) is 11.7. The molecule has 0 N–H and O–H groups in total. The van der Waals surface area contributed by atoms with Gasteiger partial charge in [0.05, 0.1) is 0 Å². The second-order valence-electron chi connectivity index (χ2n) is 4.23. The van der Waals surface area contributed by atoms with Crippen LogP contribution in [0.2, 0.25) is 0 Å². The Balaban J connectivity index is 1.93. The molecule has 1 atom stereocenters. The number of carbonyl (C=O) groups is 1. The summed E-state index contributed by atoms with van der Waals surface area (Å²) in [6, 6.07) is 19.3. The molecule has 2 rings (SSSR count). The minimum Gasteiger partial charge on any atom is -0.455 e. The first-order chi connectivity index (χ1) is 9.25. The van der Waals surface area contributed by atoms with E-state index in [-0.39, 0.29) is 12.1 Å². The molecule has 0 aromatic heterocycles. The summed E-state index contributed by atoms with van der Waals surface area (Å²) in [5, 5.41) is 0. The van der Waals surface area contributed by atoms with Crippen LogP contribution in [0.4, 0.5) is 0 Å². The molecule has 0 saturated carbocycles. The van der Waals surface area contributed by atoms with Gasteiger partial charge in [-0.1, -0.05) is 60.7 Å². The Hall–Kier alpha value is -2.35. The first-order valence-electron chi connectivity index (χ1n) is 6.24. The minimum absolute atomic E-state index is 0.242. The van der Waals surface area contributed by atoms with Crippen LogP contribution >= 0.6 is 0 Å². The Bertz CT molecular complexity index is 544. The van der Waals surface area contributed by atoms with Gasteiger partial charge in [0.15, 0.2) is 0 Å². The van der Waals surface area contributed by atoms with Gasteiger partial charge in [-0.15, -0.1) is 0 Å². The number of ether oxygens (including phenoxy) is 1. The predicted molar refractivity (Wildman–Crippen MR) is 76.4 cm³/mol. The SMILES string of the molecule is C[C@@H](OC(=O)/C=C\c1ccccc1)c1ccccc1. The van der Waals surface area contributed by atoms with Gasteiger partial charge >= 0.3 is 5.97 Å². The molecule has 96 valence electrons. The van der Waals surface area contributed by atoms with Crippen LogP contribution in [0, 0.1) is 0 Å². The van der Waals surface area contributed by atoms with E-state index >= 15 is 0 Å². The van der Waals surface area contributed by atoms with Crippen molar-refractivity contribution in [2.75, 3.05) is 0 Å². The molecule has 0 radical (unpaired) electrons. The molecule has 0 aliphatic rings. The fourth-order valence-corrected chi connectivity index (χ4v) is 1.73. The van der Waals surface area contributed by atoms with E-state index in [1.807, 2.05) is 67.6 Å². The number of hydrogen-bond acceptors (Lipinski definition) is 2. The zero-order valence-electron chi connectivity index (χ0n) is 10.8. The topological polar surface area (TPSA) is 26.3 Å². The van der Waals surface area contributed by atoms with E-state index in [1.54, 1.807) is 6.08 Å². The average molecular weight is 252 g/mol. The van der Waals surface area contributed by atoms with Gasteiger partial charge in [-0.3, -0.25) is 0 Å². The summed E-state index contributed by atoms with van der Waals surface area (Å²) in [7, 11) is 0. The molecule has 19 heavy (non-hydrogen) atoms. The third kappa shape index (κ3) is 4.11. The van der Waals surface area contributed by atoms with E-state index in [0.29, 0.717) is 0 Å². The highest BCUT2D eigenvalue weighted by Crippen LogP contribution is 2.16. The van der Waals surface area contributed by atoms with E-state index in [0.717, 1.165) is 11.1 Å². The van der Waals surface area contributed by atoms with E-state index in [1.165, 1.54) is 6.08 Å². The molecule has 0 spiro atoms. The third-order valence-corrected chi connectivity index (χ3v) is 2.77. The monoisotopic (exact) mass is 252 g/mol. The number of carbonyl (C=O) groups excluding carboxylic acids is 1. The summed E-state index contributed by atoms with van der Waals surface area (Å²) >= 11 is 0. The molecule has 2 nitrogen and oxygen atoms in total. The van der Waals surface area contributed by atoms with Crippen molar-refractivity contribution in [3.8, 4) is 0 Å². The van der Waals surface area contributed by atoms with Crippen LogP contribution in [0.1, 0.15) is 24.2 Å². The fourth-order valence-electron chi connectivity index (χ4n) is 1.73. The lowest BCUT2D eigenvalue weighted by Gasteiger charge is -2.11. The van der Waals surface area contributed by atoms with Gasteiger partial charge in [-0.25, -0.2) is 4.79 Å². The van der Waals surface area contributed by atoms with Gasteiger partial charge in [0.25, 0.3) is 0 Å². The maximum absolute atomic E-state index is 11.7. The Labute approximate surface area is 113 Å². The molecule has 2 aromatic rings. The number of hydrogen-bond donors (Lipinski definition) is 0. The minimum atomic E-state index is -0.333. The molecule has 0 heterocycles. The van der Waals surface area contributed by atoms with Crippen molar-refractivity contribution in [1.82, 2.24) is 0 Å². The standard InChI is InChI=1S/C17H16O2/c1-14(16-10-6-3-7-11-16)19-17(18)13-12-15-8-4-2-5-9-15/h2-14H,1H3/b13-12-/t14-/m1/s1. The normalized spacial score (nSPS) is 12.3. The van der Waals surface area contributed by atoms with E-state index < -0.39 is 0 Å². The van der Waals surface area contributed by atoms with Gasteiger partial charge in [-0.2, -0.15) is 0 Å². The predicted octanol–water partition coefficient (Wildman–Crippen LogP) is 4.00. The Morgan fingerprint density at radius 2 is 1.58 bits per heavy atom. The van der Waals surface area contributed by atoms with Crippen LogP contribution in [-0.2, 0) is 9.53 Å². The highest BCUT2D eigenvalue weighted by molar-refractivity contribution is 5.87. The Morgan fingerprint density at radius 3 is 2.21 bits per heavy atom. The molecule has 0 unspecified atom stereocenters. The molecule has 0 bridgehead atoms. The van der Waals surface area contributed by atoms with Crippen molar-refractivity contribution in [2.24, 2.45) is 0 Å². The zero-order valence-corrected chi connectivity index (χ0v) is 10.8. The van der Waals surface area contributed by atoms with Crippen LogP contribution in [0.25, 0.3) is 6.08 Å². The largest absolute Gasteiger partial charge is 0.455 e. The second kappa shape index (κ2) is 6.55. The molecular formula is C17H16O2. The van der Waals surface area contributed by atoms with Gasteiger partial charge in [0, 0.05) is 6.08 Å². The Kier molecular flexibility index (Phi) is 4.51. The van der Waals surface area contributed by atoms with Gasteiger partial charge in [0.2, 0.25) is 0 Å². The summed E-state index contributed by atoms with van der Waals surface area (Å²) in [5.41, 5.74) is 1.97. The van der Waals surface area contributed by atoms with Crippen LogP contribution in [0.5, 0.6) is 0 Å². The maximum Gasteiger partial charge on any atom is 0.331 e. The maximum atomic E-state index is 11.7. The molecule has 0 fully saturated rings. The molecule has 2 aromatic carbocycles. The molecule has 0 aliphatic heterocycles. The lowest BCUT2D eigenvalue weighted by molar-refractivity contribution is -0.142. The van der Waals surface area contributed by atoms with E-state index in [2.05, 4.69) is 0 Å². The van der Waals surface area contributed by atoms with Crippen LogP contribution < -0.4 is 0 Å². The van der Waals surface area contributed by atoms with Crippen molar-refractivity contribution in [3.63, 3.8) is 0 Å². The average Bonchev–Trinajstić information content (AvgIpc) is 2.47. The van der Waals surface area contributed by atoms with Crippen LogP contribution in [-0.4, -0.2) is 5.97 Å². The smallest absolute Gasteiger partial charge is 0.331 e. The van der Waals surface area contributed by atoms with Crippen LogP contribution in [0.15, 0.2) is 66.7 Å². The van der Waals surface area contributed by atoms with Crippen molar-refractivity contribution in [3.05, 3.63) is 77.9 Å². The first kappa shape index (κ1) is 13.1. The Morgan fingerprint density at radius 1 is 1.00 bits per heavy atom. The van der Waals surface area contributed by atoms with E-state index in [4.69, 9.17) is 4.74 Å². The highest BCUT2D eigenvalue weighted by Gasteiger charge is 2.08. The molecule has 0 aliphatic carbocycles. The number of esters is 1. The summed E-state index contributed by atoms with van der Waals surface area (Å²) in [5.74, 6) is -0.333.